The minimum Gasteiger partial charge on any atom is -0.849 e. The van der Waals surface area contributed by atoms with Gasteiger partial charge in [-0.05, 0) is 64.2 Å². The van der Waals surface area contributed by atoms with Crippen molar-refractivity contribution in [3.63, 3.8) is 0 Å². The van der Waals surface area contributed by atoms with E-state index < -0.39 is 0 Å². The summed E-state index contributed by atoms with van der Waals surface area (Å²) in [5.74, 6) is 0. The molecule has 2 fully saturated rings. The van der Waals surface area contributed by atoms with E-state index in [1.54, 1.807) is 6.92 Å². The van der Waals surface area contributed by atoms with Gasteiger partial charge in [-0.15, -0.1) is 29.3 Å². The van der Waals surface area contributed by atoms with Crippen molar-refractivity contribution in [3.8, 4) is 0 Å². The molecule has 2 aliphatic rings. The van der Waals surface area contributed by atoms with Gasteiger partial charge in [0.05, 0.1) is 0 Å². The zero-order valence-corrected chi connectivity index (χ0v) is 18.5. The summed E-state index contributed by atoms with van der Waals surface area (Å²) in [6.45, 7) is 1.68. The Labute approximate surface area is 191 Å². The van der Waals surface area contributed by atoms with Crippen molar-refractivity contribution in [1.82, 2.24) is 0 Å². The second-order valence-electron chi connectivity index (χ2n) is 5.74. The summed E-state index contributed by atoms with van der Waals surface area (Å²) >= 11 is 0. The van der Waals surface area contributed by atoms with Gasteiger partial charge < -0.3 is 5.41 Å². The average Bonchev–Trinajstić information content (AvgIpc) is 3.46. The molecule has 0 unspecified atom stereocenters. The molecule has 1 nitrogen and oxygen atoms in total. The molecule has 0 bridgehead atoms. The third-order valence-corrected chi connectivity index (χ3v) is 3.58. The molecule has 2 heteroatoms. The Bertz CT molecular complexity index is 643. The number of hydrogen-bond acceptors (Lipinski definition) is 0. The zero-order valence-electron chi connectivity index (χ0n) is 16.0. The average molecular weight is 441 g/mol. The first-order chi connectivity index (χ1) is 13.3. The molecule has 0 aromatic heterocycles. The van der Waals surface area contributed by atoms with Gasteiger partial charge >= 0.3 is 26.2 Å². The summed E-state index contributed by atoms with van der Waals surface area (Å²) in [6, 6.07) is 19.6. The third kappa shape index (κ3) is 10.3. The summed E-state index contributed by atoms with van der Waals surface area (Å²) in [4.78, 5) is 0. The predicted octanol–water partition coefficient (Wildman–Crippen LogP) is 5.99. The van der Waals surface area contributed by atoms with Crippen molar-refractivity contribution in [2.24, 2.45) is 0 Å². The Hall–Kier alpha value is -1.27. The van der Waals surface area contributed by atoms with Crippen LogP contribution in [0.3, 0.4) is 0 Å². The second kappa shape index (κ2) is 15.6. The fourth-order valence-electron chi connectivity index (χ4n) is 2.28. The van der Waals surface area contributed by atoms with Crippen LogP contribution in [0.1, 0.15) is 18.1 Å². The van der Waals surface area contributed by atoms with Crippen molar-refractivity contribution < 1.29 is 26.2 Å². The minimum atomic E-state index is 0. The van der Waals surface area contributed by atoms with E-state index in [0.29, 0.717) is 0 Å². The van der Waals surface area contributed by atoms with Crippen molar-refractivity contribution >= 4 is 11.3 Å². The first-order valence-corrected chi connectivity index (χ1v) is 8.88. The summed E-state index contributed by atoms with van der Waals surface area (Å²) < 4.78 is 0. The minimum absolute atomic E-state index is 0. The van der Waals surface area contributed by atoms with Crippen LogP contribution in [-0.4, -0.2) is 5.71 Å². The molecular weight excluding hydrogens is 418 g/mol. The van der Waals surface area contributed by atoms with Gasteiger partial charge in [0.15, 0.2) is 0 Å². The standard InChI is InChI=1S/C16H13N.2C5H5.Zr/c1-13(17)16(15-10-6-3-7-11-15)12-14-8-4-2-5-9-14;2*1-2-4-5-3-1;/h2-11H,1H3;2*1-5H;/q-2;;;+4. The Morgan fingerprint density at radius 1 is 0.607 bits per heavy atom. The molecule has 0 atom stereocenters. The van der Waals surface area contributed by atoms with Gasteiger partial charge in [0.1, 0.15) is 0 Å². The molecule has 2 aromatic carbocycles. The van der Waals surface area contributed by atoms with E-state index >= 15 is 0 Å². The second-order valence-corrected chi connectivity index (χ2v) is 5.74. The molecule has 0 amide bonds. The zero-order chi connectivity index (χ0) is 19.2. The van der Waals surface area contributed by atoms with Crippen LogP contribution in [0.15, 0.2) is 60.7 Å². The molecule has 0 spiro atoms. The largest absolute Gasteiger partial charge is 4.00 e. The molecular formula is C26H23NZr+2. The van der Waals surface area contributed by atoms with Gasteiger partial charge in [-0.25, -0.2) is 5.71 Å². The Morgan fingerprint density at radius 3 is 1.32 bits per heavy atom. The Morgan fingerprint density at radius 2 is 0.964 bits per heavy atom. The van der Waals surface area contributed by atoms with E-state index in [2.05, 4.69) is 6.08 Å². The summed E-state index contributed by atoms with van der Waals surface area (Å²) in [5.41, 5.74) is 2.94. The number of hydrogen-bond donors (Lipinski definition) is 0. The maximum Gasteiger partial charge on any atom is 4.00 e. The topological polar surface area (TPSA) is 22.3 Å². The summed E-state index contributed by atoms with van der Waals surface area (Å²) in [6.07, 6.45) is 23.2. The molecule has 2 aliphatic carbocycles. The number of allylic oxidation sites excluding steroid dienone is 1. The van der Waals surface area contributed by atoms with Gasteiger partial charge in [0.25, 0.3) is 0 Å². The van der Waals surface area contributed by atoms with E-state index in [1.807, 2.05) is 125 Å². The van der Waals surface area contributed by atoms with Gasteiger partial charge in [0, 0.05) is 0 Å². The summed E-state index contributed by atoms with van der Waals surface area (Å²) in [5, 5.41) is 9.74. The third-order valence-electron chi connectivity index (χ3n) is 3.58. The van der Waals surface area contributed by atoms with E-state index in [0.717, 1.165) is 16.7 Å². The summed E-state index contributed by atoms with van der Waals surface area (Å²) in [7, 11) is 0. The van der Waals surface area contributed by atoms with E-state index in [4.69, 9.17) is 0 Å². The van der Waals surface area contributed by atoms with Crippen LogP contribution in [0.5, 0.6) is 0 Å². The van der Waals surface area contributed by atoms with Crippen LogP contribution in [0.4, 0.5) is 0 Å². The van der Waals surface area contributed by atoms with Crippen LogP contribution in [-0.2, 0) is 26.2 Å². The van der Waals surface area contributed by atoms with Crippen LogP contribution in [0.2, 0.25) is 0 Å². The van der Waals surface area contributed by atoms with Crippen molar-refractivity contribution in [2.75, 3.05) is 0 Å². The molecule has 2 saturated carbocycles. The molecule has 0 heterocycles. The first-order valence-electron chi connectivity index (χ1n) is 8.88. The van der Waals surface area contributed by atoms with Crippen LogP contribution in [0.25, 0.3) is 11.0 Å². The molecule has 4 rings (SSSR count). The molecule has 0 saturated heterocycles. The number of rotatable bonds is 3. The Kier molecular flexibility index (Phi) is 13.8. The van der Waals surface area contributed by atoms with Crippen LogP contribution >= 0.6 is 0 Å². The van der Waals surface area contributed by atoms with Crippen molar-refractivity contribution in [2.45, 2.75) is 6.92 Å². The number of benzene rings is 2. The molecule has 28 heavy (non-hydrogen) atoms. The normalized spacial score (nSPS) is 15.4. The van der Waals surface area contributed by atoms with Gasteiger partial charge in [-0.3, -0.25) is 0 Å². The predicted molar refractivity (Wildman–Crippen MR) is 116 cm³/mol. The van der Waals surface area contributed by atoms with Gasteiger partial charge in [-0.2, -0.15) is 0 Å². The quantitative estimate of drug-likeness (QED) is 0.318. The molecule has 10 radical (unpaired) electrons. The molecule has 0 aliphatic heterocycles. The van der Waals surface area contributed by atoms with Crippen LogP contribution < -0.4 is 0 Å². The monoisotopic (exact) mass is 439 g/mol. The molecule has 0 N–H and O–H groups in total. The fourth-order valence-corrected chi connectivity index (χ4v) is 2.28. The van der Waals surface area contributed by atoms with Crippen molar-refractivity contribution in [3.05, 3.63) is 147 Å². The maximum absolute atomic E-state index is 9.74. The Balaban J connectivity index is 0.000000290. The fraction of sp³-hybridized carbons (Fsp3) is 0.0385. The van der Waals surface area contributed by atoms with Gasteiger partial charge in [0.2, 0.25) is 0 Å². The number of nitrogens with zero attached hydrogens (tertiary/aromatic N) is 1. The first kappa shape index (κ1) is 24.8. The maximum atomic E-state index is 9.74. The van der Waals surface area contributed by atoms with E-state index in [1.165, 1.54) is 0 Å². The van der Waals surface area contributed by atoms with Crippen molar-refractivity contribution in [1.29, 1.82) is 0 Å². The van der Waals surface area contributed by atoms with E-state index in [9.17, 15) is 5.41 Å². The molecule has 2 aromatic rings. The van der Waals surface area contributed by atoms with Crippen LogP contribution in [0, 0.1) is 70.3 Å². The van der Waals surface area contributed by atoms with E-state index in [-0.39, 0.29) is 31.9 Å². The SMILES string of the molecule is CC(=[N-])C(=[C-]c1ccccc1)c1ccccc1.[CH]1[CH][CH][CH][CH]1.[CH]1[CH][CH][CH][CH]1.[Zr+4]. The smallest absolute Gasteiger partial charge is 0.849 e. The molecule has 134 valence electrons. The van der Waals surface area contributed by atoms with Gasteiger partial charge in [-0.1, -0.05) is 61.0 Å².